The molecule has 6 rings (SSSR count). The topological polar surface area (TPSA) is 81.0 Å². The van der Waals surface area contributed by atoms with Gasteiger partial charge in [-0.2, -0.15) is 0 Å². The van der Waals surface area contributed by atoms with Crippen LogP contribution in [0.4, 0.5) is 10.1 Å². The summed E-state index contributed by atoms with van der Waals surface area (Å²) in [5.74, 6) is -0.259. The number of aromatic hydroxyl groups is 2. The number of amides is 1. The first-order valence-electron chi connectivity index (χ1n) is 14.9. The van der Waals surface area contributed by atoms with Crippen LogP contribution in [0.25, 0.3) is 22.3 Å². The number of carbonyl (C=O) groups is 1. The van der Waals surface area contributed by atoms with E-state index in [0.29, 0.717) is 36.8 Å². The Bertz CT molecular complexity index is 1740. The van der Waals surface area contributed by atoms with Gasteiger partial charge in [0.2, 0.25) is 5.91 Å². The summed E-state index contributed by atoms with van der Waals surface area (Å²) in [5, 5.41) is 32.0. The van der Waals surface area contributed by atoms with Crippen molar-refractivity contribution in [2.45, 2.75) is 37.8 Å². The first kappa shape index (κ1) is 29.1. The molecule has 0 spiro atoms. The van der Waals surface area contributed by atoms with E-state index in [-0.39, 0.29) is 29.1 Å². The summed E-state index contributed by atoms with van der Waals surface area (Å²) in [4.78, 5) is 15.4. The largest absolute Gasteiger partial charge is 0.508 e. The molecule has 44 heavy (non-hydrogen) atoms. The monoisotopic (exact) mass is 587 g/mol. The Balaban J connectivity index is 1.29. The Kier molecular flexibility index (Phi) is 8.44. The minimum Gasteiger partial charge on any atom is -0.508 e. The van der Waals surface area contributed by atoms with Crippen molar-refractivity contribution in [2.75, 3.05) is 4.90 Å². The molecule has 0 radical (unpaired) electrons. The molecule has 5 aromatic rings. The predicted octanol–water partition coefficient (Wildman–Crippen LogP) is 8.57. The van der Waals surface area contributed by atoms with Crippen LogP contribution in [0, 0.1) is 11.7 Å². The van der Waals surface area contributed by atoms with E-state index in [1.54, 1.807) is 41.3 Å². The number of anilines is 1. The number of nitrogens with zero attached hydrogens (tertiary/aromatic N) is 1. The van der Waals surface area contributed by atoms with E-state index in [2.05, 4.69) is 0 Å². The first-order valence-corrected chi connectivity index (χ1v) is 14.9. The van der Waals surface area contributed by atoms with Gasteiger partial charge >= 0.3 is 0 Å². The Labute approximate surface area is 256 Å². The van der Waals surface area contributed by atoms with Gasteiger partial charge in [0.1, 0.15) is 17.3 Å². The molecule has 3 atom stereocenters. The van der Waals surface area contributed by atoms with Crippen molar-refractivity contribution in [2.24, 2.45) is 5.92 Å². The van der Waals surface area contributed by atoms with Crippen molar-refractivity contribution in [1.82, 2.24) is 0 Å². The number of aliphatic hydroxyl groups is 1. The number of phenols is 2. The van der Waals surface area contributed by atoms with E-state index < -0.39 is 12.1 Å². The molecule has 0 bridgehead atoms. The van der Waals surface area contributed by atoms with Crippen LogP contribution in [0.5, 0.6) is 11.5 Å². The summed E-state index contributed by atoms with van der Waals surface area (Å²) in [6.07, 6.45) is 1.35. The van der Waals surface area contributed by atoms with Crippen molar-refractivity contribution in [3.05, 3.63) is 138 Å². The summed E-state index contributed by atoms with van der Waals surface area (Å²) < 4.78 is 13.4. The minimum atomic E-state index is -0.734. The molecule has 1 amide bonds. The van der Waals surface area contributed by atoms with E-state index >= 15 is 0 Å². The molecular weight excluding hydrogens is 553 g/mol. The molecule has 0 aliphatic carbocycles. The van der Waals surface area contributed by atoms with Gasteiger partial charge in [0.25, 0.3) is 0 Å². The lowest BCUT2D eigenvalue weighted by Gasteiger charge is -2.30. The number of phenolic OH excluding ortho intramolecular Hbond substituents is 2. The Hall–Kier alpha value is -4.94. The lowest BCUT2D eigenvalue weighted by atomic mass is 9.87. The molecule has 5 aromatic carbocycles. The SMILES string of the molecule is O=C1C[C@H](CCC[C@@H](O)c2ccc(F)cc2)[C@@H](c2ccc(-c3cccc(O)c3)cc2O)N1c1ccc(-c2ccccc2)cc1. The second-order valence-corrected chi connectivity index (χ2v) is 11.4. The Morgan fingerprint density at radius 2 is 1.41 bits per heavy atom. The number of aliphatic hydroxyl groups excluding tert-OH is 1. The van der Waals surface area contributed by atoms with Crippen molar-refractivity contribution in [3.63, 3.8) is 0 Å². The molecule has 0 saturated carbocycles. The van der Waals surface area contributed by atoms with E-state index in [1.165, 1.54) is 12.1 Å². The van der Waals surface area contributed by atoms with Gasteiger partial charge in [0.15, 0.2) is 0 Å². The lowest BCUT2D eigenvalue weighted by Crippen LogP contribution is -2.28. The van der Waals surface area contributed by atoms with E-state index in [0.717, 1.165) is 27.9 Å². The molecule has 0 aromatic heterocycles. The number of rotatable bonds is 9. The van der Waals surface area contributed by atoms with Gasteiger partial charge < -0.3 is 20.2 Å². The summed E-state index contributed by atoms with van der Waals surface area (Å²) in [5.41, 5.74) is 5.72. The Morgan fingerprint density at radius 3 is 2.11 bits per heavy atom. The number of hydrogen-bond donors (Lipinski definition) is 3. The summed E-state index contributed by atoms with van der Waals surface area (Å²) in [7, 11) is 0. The van der Waals surface area contributed by atoms with Crippen molar-refractivity contribution in [1.29, 1.82) is 0 Å². The van der Waals surface area contributed by atoms with Crippen LogP contribution in [0.1, 0.15) is 49.0 Å². The zero-order chi connectivity index (χ0) is 30.6. The van der Waals surface area contributed by atoms with Crippen LogP contribution in [-0.4, -0.2) is 21.2 Å². The molecule has 1 fully saturated rings. The smallest absolute Gasteiger partial charge is 0.227 e. The fourth-order valence-electron chi connectivity index (χ4n) is 6.29. The van der Waals surface area contributed by atoms with Gasteiger partial charge in [0, 0.05) is 17.7 Å². The van der Waals surface area contributed by atoms with E-state index in [4.69, 9.17) is 0 Å². The zero-order valence-electron chi connectivity index (χ0n) is 24.2. The second-order valence-electron chi connectivity index (χ2n) is 11.4. The van der Waals surface area contributed by atoms with Gasteiger partial charge in [-0.3, -0.25) is 4.79 Å². The number of halogens is 1. The van der Waals surface area contributed by atoms with E-state index in [1.807, 2.05) is 72.8 Å². The number of hydrogen-bond acceptors (Lipinski definition) is 4. The summed E-state index contributed by atoms with van der Waals surface area (Å²) >= 11 is 0. The highest BCUT2D eigenvalue weighted by Gasteiger charge is 2.42. The third-order valence-electron chi connectivity index (χ3n) is 8.52. The summed E-state index contributed by atoms with van der Waals surface area (Å²) in [6.45, 7) is 0. The van der Waals surface area contributed by atoms with Crippen LogP contribution in [0.15, 0.2) is 121 Å². The normalized spacial score (nSPS) is 17.1. The molecule has 1 heterocycles. The minimum absolute atomic E-state index is 0.0250. The molecule has 222 valence electrons. The lowest BCUT2D eigenvalue weighted by molar-refractivity contribution is -0.117. The maximum absolute atomic E-state index is 13.6. The zero-order valence-corrected chi connectivity index (χ0v) is 24.2. The average Bonchev–Trinajstić information content (AvgIpc) is 3.36. The predicted molar refractivity (Wildman–Crippen MR) is 171 cm³/mol. The fraction of sp³-hybridized carbons (Fsp3) is 0.184. The van der Waals surface area contributed by atoms with Crippen LogP contribution in [0.3, 0.4) is 0 Å². The van der Waals surface area contributed by atoms with Gasteiger partial charge in [-0.25, -0.2) is 4.39 Å². The van der Waals surface area contributed by atoms with Crippen molar-refractivity contribution in [3.8, 4) is 33.8 Å². The standard InChI is InChI=1S/C38H34FNO4/c39-31-17-12-27(13-18-31)35(42)11-5-9-30-24-37(44)40(32-19-14-26(15-20-32)25-6-2-1-3-7-25)38(30)34-21-16-29(23-36(34)43)28-8-4-10-33(41)22-28/h1-4,6-8,10,12-23,30,35,38,41-43H,5,9,11,24H2/t30-,35+,38-/m0/s1. The van der Waals surface area contributed by atoms with Gasteiger partial charge in [-0.15, -0.1) is 0 Å². The number of benzene rings is 5. The Morgan fingerprint density at radius 1 is 0.750 bits per heavy atom. The molecular formula is C38H34FNO4. The van der Waals surface area contributed by atoms with Crippen molar-refractivity contribution < 1.29 is 24.5 Å². The third kappa shape index (κ3) is 6.21. The van der Waals surface area contributed by atoms with Crippen molar-refractivity contribution >= 4 is 11.6 Å². The maximum atomic E-state index is 13.6. The van der Waals surface area contributed by atoms with Gasteiger partial charge in [0.05, 0.1) is 12.1 Å². The molecule has 1 aliphatic rings. The highest BCUT2D eigenvalue weighted by molar-refractivity contribution is 5.97. The van der Waals surface area contributed by atoms with Gasteiger partial charge in [-0.05, 0) is 89.0 Å². The number of carbonyl (C=O) groups excluding carboxylic acids is 1. The molecule has 6 heteroatoms. The average molecular weight is 588 g/mol. The molecule has 1 aliphatic heterocycles. The van der Waals surface area contributed by atoms with Crippen LogP contribution in [-0.2, 0) is 4.79 Å². The molecule has 5 nitrogen and oxygen atoms in total. The highest BCUT2D eigenvalue weighted by atomic mass is 19.1. The highest BCUT2D eigenvalue weighted by Crippen LogP contribution is 2.47. The molecule has 3 N–H and O–H groups in total. The van der Waals surface area contributed by atoms with Gasteiger partial charge in [-0.1, -0.05) is 85.3 Å². The quantitative estimate of drug-likeness (QED) is 0.161. The van der Waals surface area contributed by atoms with Crippen LogP contribution in [0.2, 0.25) is 0 Å². The van der Waals surface area contributed by atoms with Crippen LogP contribution < -0.4 is 4.90 Å². The first-order chi connectivity index (χ1) is 21.4. The third-order valence-corrected chi connectivity index (χ3v) is 8.52. The summed E-state index contributed by atoms with van der Waals surface area (Å²) in [6, 6.07) is 35.7. The fourth-order valence-corrected chi connectivity index (χ4v) is 6.29. The van der Waals surface area contributed by atoms with E-state index in [9.17, 15) is 24.5 Å². The maximum Gasteiger partial charge on any atom is 0.227 e. The van der Waals surface area contributed by atoms with Crippen LogP contribution >= 0.6 is 0 Å². The molecule has 0 unspecified atom stereocenters. The second kappa shape index (κ2) is 12.7. The molecule has 1 saturated heterocycles.